The first-order valence-electron chi connectivity index (χ1n) is 14.6. The minimum Gasteiger partial charge on any atom is -0.442 e. The number of anilines is 1. The molecule has 222 valence electrons. The molecule has 0 spiro atoms. The second kappa shape index (κ2) is 13.3. The van der Waals surface area contributed by atoms with E-state index in [2.05, 4.69) is 68.9 Å². The number of hydrogen-bond acceptors (Lipinski definition) is 8. The summed E-state index contributed by atoms with van der Waals surface area (Å²) in [5, 5.41) is 11.9. The van der Waals surface area contributed by atoms with Crippen molar-refractivity contribution in [3.8, 4) is 0 Å². The molecule has 10 nitrogen and oxygen atoms in total. The second-order valence-corrected chi connectivity index (χ2v) is 11.7. The van der Waals surface area contributed by atoms with Gasteiger partial charge >= 0.3 is 11.7 Å². The first kappa shape index (κ1) is 29.5. The van der Waals surface area contributed by atoms with Gasteiger partial charge in [0.25, 0.3) is 0 Å². The van der Waals surface area contributed by atoms with Gasteiger partial charge < -0.3 is 19.7 Å². The van der Waals surface area contributed by atoms with Gasteiger partial charge in [-0.2, -0.15) is 9.20 Å². The molecule has 0 saturated carbocycles. The van der Waals surface area contributed by atoms with Crippen LogP contribution in [0.1, 0.15) is 57.3 Å². The van der Waals surface area contributed by atoms with Gasteiger partial charge in [0.05, 0.1) is 11.5 Å². The highest BCUT2D eigenvalue weighted by Gasteiger charge is 2.25. The average Bonchev–Trinajstić information content (AvgIpc) is 3.32. The minimum absolute atomic E-state index is 0.0592. The Morgan fingerprint density at radius 2 is 1.60 bits per heavy atom. The van der Waals surface area contributed by atoms with E-state index >= 15 is 0 Å². The molecule has 4 aromatic rings. The highest BCUT2D eigenvalue weighted by atomic mass is 16.5. The summed E-state index contributed by atoms with van der Waals surface area (Å²) >= 11 is 0. The van der Waals surface area contributed by atoms with Gasteiger partial charge in [-0.25, -0.2) is 4.79 Å². The number of carbonyl (C=O) groups is 1. The molecule has 5 rings (SSSR count). The van der Waals surface area contributed by atoms with Gasteiger partial charge in [-0.3, -0.25) is 4.79 Å². The van der Waals surface area contributed by atoms with Crippen LogP contribution in [0.15, 0.2) is 77.6 Å². The van der Waals surface area contributed by atoms with E-state index in [1.54, 1.807) is 32.9 Å². The maximum absolute atomic E-state index is 12.7. The molecule has 1 fully saturated rings. The third-order valence-corrected chi connectivity index (χ3v) is 7.40. The molecule has 0 atom stereocenters. The van der Waals surface area contributed by atoms with Gasteiger partial charge in [0.15, 0.2) is 12.4 Å². The Hall–Kier alpha value is -4.02. The molecule has 1 aliphatic heterocycles. The largest absolute Gasteiger partial charge is 0.442 e. The number of nitrogens with zero attached hydrogens (tertiary/aromatic N) is 5. The van der Waals surface area contributed by atoms with Crippen molar-refractivity contribution >= 4 is 17.4 Å². The van der Waals surface area contributed by atoms with Crippen molar-refractivity contribution in [1.82, 2.24) is 24.3 Å². The topological polar surface area (TPSA) is 103 Å². The van der Waals surface area contributed by atoms with Crippen LogP contribution in [0.5, 0.6) is 0 Å². The van der Waals surface area contributed by atoms with Crippen LogP contribution < -0.4 is 11.0 Å². The summed E-state index contributed by atoms with van der Waals surface area (Å²) in [6.45, 7) is 8.72. The van der Waals surface area contributed by atoms with Crippen LogP contribution in [0, 0.1) is 5.41 Å². The van der Waals surface area contributed by atoms with Gasteiger partial charge in [0.1, 0.15) is 11.9 Å². The monoisotopic (exact) mass is 572 g/mol. The van der Waals surface area contributed by atoms with Crippen LogP contribution in [0.2, 0.25) is 0 Å². The Bertz CT molecular complexity index is 1470. The lowest BCUT2D eigenvalue weighted by Crippen LogP contribution is -2.38. The van der Waals surface area contributed by atoms with Crippen LogP contribution in [0.4, 0.5) is 5.82 Å². The molecule has 2 aromatic heterocycles. The van der Waals surface area contributed by atoms with Crippen molar-refractivity contribution in [2.75, 3.05) is 31.5 Å². The molecular formula is C32H40N6O4. The maximum atomic E-state index is 12.7. The molecule has 0 radical (unpaired) electrons. The number of benzene rings is 2. The predicted molar refractivity (Wildman–Crippen MR) is 161 cm³/mol. The van der Waals surface area contributed by atoms with Crippen molar-refractivity contribution in [3.63, 3.8) is 0 Å². The lowest BCUT2D eigenvalue weighted by molar-refractivity contribution is -0.157. The number of hydrogen-bond donors (Lipinski definition) is 1. The summed E-state index contributed by atoms with van der Waals surface area (Å²) in [7, 11) is 0. The molecular weight excluding hydrogens is 532 g/mol. The minimum atomic E-state index is -0.657. The molecule has 0 unspecified atom stereocenters. The van der Waals surface area contributed by atoms with E-state index in [-0.39, 0.29) is 18.9 Å². The Balaban J connectivity index is 1.07. The molecule has 10 heteroatoms. The fourth-order valence-corrected chi connectivity index (χ4v) is 5.01. The Labute approximate surface area is 246 Å². The predicted octanol–water partition coefficient (Wildman–Crippen LogP) is 4.51. The lowest BCUT2D eigenvalue weighted by Gasteiger charge is -2.34. The molecule has 1 saturated heterocycles. The van der Waals surface area contributed by atoms with E-state index in [9.17, 15) is 9.59 Å². The summed E-state index contributed by atoms with van der Waals surface area (Å²) in [4.78, 5) is 27.2. The third kappa shape index (κ3) is 7.43. The number of piperidine rings is 1. The zero-order chi connectivity index (χ0) is 29.5. The van der Waals surface area contributed by atoms with Crippen LogP contribution in [0.25, 0.3) is 5.65 Å². The molecule has 3 heterocycles. The quantitative estimate of drug-likeness (QED) is 0.207. The van der Waals surface area contributed by atoms with E-state index in [1.165, 1.54) is 15.6 Å². The van der Waals surface area contributed by atoms with Crippen LogP contribution in [-0.4, -0.2) is 62.5 Å². The van der Waals surface area contributed by atoms with E-state index < -0.39 is 17.1 Å². The van der Waals surface area contributed by atoms with Crippen LogP contribution in [-0.2, 0) is 21.0 Å². The molecule has 0 bridgehead atoms. The smallest absolute Gasteiger partial charge is 0.370 e. The highest BCUT2D eigenvalue weighted by molar-refractivity contribution is 5.75. The standard InChI is InChI=1S/C32H40N6O4/c1-32(2,3)30(39)41-23-37-31(40)38-28(35-37)16-15-27(34-38)33-19-10-20-36-21-17-26(18-22-36)42-29(24-11-6-4-7-12-24)25-13-8-5-9-14-25/h4-9,11-16,26,29H,10,17-23H2,1-3H3,(H,33,34). The first-order chi connectivity index (χ1) is 20.3. The summed E-state index contributed by atoms with van der Waals surface area (Å²) < 4.78 is 14.2. The highest BCUT2D eigenvalue weighted by Crippen LogP contribution is 2.30. The van der Waals surface area contributed by atoms with Crippen LogP contribution in [0.3, 0.4) is 0 Å². The van der Waals surface area contributed by atoms with E-state index in [0.717, 1.165) is 50.1 Å². The number of nitrogens with one attached hydrogen (secondary N) is 1. The number of carbonyl (C=O) groups excluding carboxylic acids is 1. The van der Waals surface area contributed by atoms with E-state index in [4.69, 9.17) is 9.47 Å². The summed E-state index contributed by atoms with van der Waals surface area (Å²) in [6.07, 6.45) is 3.10. The number of aromatic nitrogens is 4. The zero-order valence-electron chi connectivity index (χ0n) is 24.6. The Morgan fingerprint density at radius 1 is 0.952 bits per heavy atom. The Kier molecular flexibility index (Phi) is 9.34. The maximum Gasteiger partial charge on any atom is 0.370 e. The van der Waals surface area contributed by atoms with E-state index in [0.29, 0.717) is 11.5 Å². The number of rotatable bonds is 11. The fourth-order valence-electron chi connectivity index (χ4n) is 5.01. The molecule has 0 aliphatic carbocycles. The number of likely N-dealkylation sites (tertiary alicyclic amines) is 1. The summed E-state index contributed by atoms with van der Waals surface area (Å²) in [5.74, 6) is 0.192. The lowest BCUT2D eigenvalue weighted by atomic mass is 9.98. The van der Waals surface area contributed by atoms with Crippen molar-refractivity contribution in [3.05, 3.63) is 94.4 Å². The van der Waals surface area contributed by atoms with Crippen molar-refractivity contribution in [1.29, 1.82) is 0 Å². The average molecular weight is 573 g/mol. The number of fused-ring (bicyclic) bond motifs is 1. The van der Waals surface area contributed by atoms with Crippen LogP contribution >= 0.6 is 0 Å². The molecule has 42 heavy (non-hydrogen) atoms. The van der Waals surface area contributed by atoms with Crippen molar-refractivity contribution in [2.24, 2.45) is 5.41 Å². The summed E-state index contributed by atoms with van der Waals surface area (Å²) in [5.41, 5.74) is 1.65. The fraction of sp³-hybridized carbons (Fsp3) is 0.438. The van der Waals surface area contributed by atoms with E-state index in [1.807, 2.05) is 12.1 Å². The van der Waals surface area contributed by atoms with Gasteiger partial charge in [0, 0.05) is 19.6 Å². The Morgan fingerprint density at radius 3 is 2.21 bits per heavy atom. The van der Waals surface area contributed by atoms with Crippen molar-refractivity contribution in [2.45, 2.75) is 59.0 Å². The third-order valence-electron chi connectivity index (χ3n) is 7.40. The van der Waals surface area contributed by atoms with Crippen molar-refractivity contribution < 1.29 is 14.3 Å². The second-order valence-electron chi connectivity index (χ2n) is 11.7. The number of esters is 1. The normalized spacial score (nSPS) is 14.9. The van der Waals surface area contributed by atoms with Gasteiger partial charge in [-0.05, 0) is 69.8 Å². The molecule has 1 aliphatic rings. The van der Waals surface area contributed by atoms with Gasteiger partial charge in [-0.1, -0.05) is 60.7 Å². The van der Waals surface area contributed by atoms with Gasteiger partial charge in [-0.15, -0.1) is 10.2 Å². The number of ether oxygens (including phenoxy) is 2. The molecule has 0 amide bonds. The summed E-state index contributed by atoms with van der Waals surface area (Å²) in [6, 6.07) is 24.4. The molecule has 2 aromatic carbocycles. The zero-order valence-corrected chi connectivity index (χ0v) is 24.6. The SMILES string of the molecule is CC(C)(C)C(=O)OCn1nc2ccc(NCCCN3CCC(OC(c4ccccc4)c4ccccc4)CC3)nn2c1=O. The van der Waals surface area contributed by atoms with Gasteiger partial charge in [0.2, 0.25) is 0 Å². The molecule has 1 N–H and O–H groups in total. The first-order valence-corrected chi connectivity index (χ1v) is 14.6.